The van der Waals surface area contributed by atoms with Crippen LogP contribution < -0.4 is 20.4 Å². The molecule has 2 heterocycles. The molecule has 5 nitrogen and oxygen atoms in total. The molecule has 1 aromatic heterocycles. The van der Waals surface area contributed by atoms with Gasteiger partial charge in [-0.25, -0.2) is 4.79 Å². The van der Waals surface area contributed by atoms with Crippen molar-refractivity contribution in [3.8, 4) is 11.5 Å². The van der Waals surface area contributed by atoms with E-state index in [1.54, 1.807) is 6.07 Å². The third kappa shape index (κ3) is 2.96. The number of halogens is 2. The van der Waals surface area contributed by atoms with Gasteiger partial charge < -0.3 is 19.2 Å². The van der Waals surface area contributed by atoms with Crippen molar-refractivity contribution in [2.24, 2.45) is 0 Å². The molecule has 0 spiro atoms. The summed E-state index contributed by atoms with van der Waals surface area (Å²) in [5.74, 6) is -0.0543. The maximum absolute atomic E-state index is 13.1. The van der Waals surface area contributed by atoms with E-state index in [4.69, 9.17) is 4.42 Å². The smallest absolute Gasteiger partial charge is 0.423 e. The molecule has 0 amide bonds. The summed E-state index contributed by atoms with van der Waals surface area (Å²) < 4.78 is 40.3. The number of benzene rings is 2. The predicted octanol–water partition coefficient (Wildman–Crippen LogP) is 4.34. The Morgan fingerprint density at radius 2 is 1.73 bits per heavy atom. The molecule has 0 fully saturated rings. The molecule has 0 saturated heterocycles. The average molecular weight is 359 g/mol. The maximum Gasteiger partial charge on any atom is 0.586 e. The van der Waals surface area contributed by atoms with Crippen LogP contribution in [0.3, 0.4) is 0 Å². The zero-order chi connectivity index (χ0) is 18.5. The standard InChI is InChI=1S/C19H15F2NO4/c1-10-5-14-12(7-18(23)24-16(14)6-11(10)2)9-22-13-3-4-15-17(8-13)26-19(20,21)25-15/h3-8,22H,9H2,1-2H3. The molecular weight excluding hydrogens is 344 g/mol. The fourth-order valence-corrected chi connectivity index (χ4v) is 2.89. The number of rotatable bonds is 3. The molecule has 1 N–H and O–H groups in total. The van der Waals surface area contributed by atoms with Crippen molar-refractivity contribution in [1.82, 2.24) is 0 Å². The first-order valence-electron chi connectivity index (χ1n) is 7.98. The summed E-state index contributed by atoms with van der Waals surface area (Å²) in [6, 6.07) is 9.66. The van der Waals surface area contributed by atoms with Crippen LogP contribution in [0.5, 0.6) is 11.5 Å². The van der Waals surface area contributed by atoms with Crippen LogP contribution in [0.15, 0.2) is 45.6 Å². The van der Waals surface area contributed by atoms with Gasteiger partial charge in [0.2, 0.25) is 0 Å². The number of hydrogen-bond acceptors (Lipinski definition) is 5. The Bertz CT molecular complexity index is 1080. The van der Waals surface area contributed by atoms with Crippen LogP contribution in [0.4, 0.5) is 14.5 Å². The third-order valence-electron chi connectivity index (χ3n) is 4.33. The molecule has 4 rings (SSSR count). The second-order valence-corrected chi connectivity index (χ2v) is 6.21. The van der Waals surface area contributed by atoms with Crippen molar-refractivity contribution in [3.05, 3.63) is 63.5 Å². The van der Waals surface area contributed by atoms with E-state index in [0.29, 0.717) is 17.8 Å². The SMILES string of the molecule is Cc1cc2oc(=O)cc(CNc3ccc4c(c3)OC(F)(F)O4)c2cc1C. The topological polar surface area (TPSA) is 60.7 Å². The molecule has 7 heteroatoms. The monoisotopic (exact) mass is 359 g/mol. The summed E-state index contributed by atoms with van der Waals surface area (Å²) in [4.78, 5) is 11.8. The second kappa shape index (κ2) is 5.72. The molecule has 0 aliphatic carbocycles. The lowest BCUT2D eigenvalue weighted by Crippen LogP contribution is -2.25. The summed E-state index contributed by atoms with van der Waals surface area (Å²) in [5, 5.41) is 3.94. The Morgan fingerprint density at radius 3 is 2.54 bits per heavy atom. The van der Waals surface area contributed by atoms with Gasteiger partial charge in [0, 0.05) is 29.8 Å². The van der Waals surface area contributed by atoms with Gasteiger partial charge >= 0.3 is 11.9 Å². The Kier molecular flexibility index (Phi) is 3.61. The lowest BCUT2D eigenvalue weighted by Gasteiger charge is -2.10. The highest BCUT2D eigenvalue weighted by atomic mass is 19.3. The molecule has 134 valence electrons. The van der Waals surface area contributed by atoms with E-state index in [-0.39, 0.29) is 11.5 Å². The average Bonchev–Trinajstić information content (AvgIpc) is 2.87. The van der Waals surface area contributed by atoms with E-state index < -0.39 is 11.9 Å². The van der Waals surface area contributed by atoms with Crippen LogP contribution in [0.2, 0.25) is 0 Å². The van der Waals surface area contributed by atoms with Gasteiger partial charge in [-0.2, -0.15) is 0 Å². The van der Waals surface area contributed by atoms with Crippen molar-refractivity contribution >= 4 is 16.7 Å². The summed E-state index contributed by atoms with van der Waals surface area (Å²) in [7, 11) is 0. The molecule has 1 aliphatic heterocycles. The minimum atomic E-state index is -3.65. The van der Waals surface area contributed by atoms with Crippen molar-refractivity contribution in [1.29, 1.82) is 0 Å². The zero-order valence-electron chi connectivity index (χ0n) is 14.1. The third-order valence-corrected chi connectivity index (χ3v) is 4.33. The lowest BCUT2D eigenvalue weighted by molar-refractivity contribution is -0.286. The molecule has 2 aromatic carbocycles. The number of hydrogen-bond donors (Lipinski definition) is 1. The molecule has 26 heavy (non-hydrogen) atoms. The van der Waals surface area contributed by atoms with Crippen LogP contribution in [-0.2, 0) is 6.54 Å². The minimum absolute atomic E-state index is 0.0162. The van der Waals surface area contributed by atoms with Crippen LogP contribution >= 0.6 is 0 Å². The van der Waals surface area contributed by atoms with Gasteiger partial charge in [-0.3, -0.25) is 0 Å². The number of fused-ring (bicyclic) bond motifs is 2. The van der Waals surface area contributed by atoms with Crippen molar-refractivity contribution in [2.75, 3.05) is 5.32 Å². The van der Waals surface area contributed by atoms with E-state index >= 15 is 0 Å². The number of ether oxygens (including phenoxy) is 2. The van der Waals surface area contributed by atoms with Crippen LogP contribution in [0.25, 0.3) is 11.0 Å². The lowest BCUT2D eigenvalue weighted by atomic mass is 10.0. The molecule has 0 radical (unpaired) electrons. The van der Waals surface area contributed by atoms with E-state index in [1.807, 2.05) is 26.0 Å². The van der Waals surface area contributed by atoms with E-state index in [2.05, 4.69) is 14.8 Å². The molecule has 0 saturated carbocycles. The number of aryl methyl sites for hydroxylation is 2. The Labute approximate surface area is 147 Å². The molecule has 1 aliphatic rings. The molecule has 0 bridgehead atoms. The first-order chi connectivity index (χ1) is 12.3. The van der Waals surface area contributed by atoms with Gasteiger partial charge in [-0.15, -0.1) is 8.78 Å². The van der Waals surface area contributed by atoms with E-state index in [0.717, 1.165) is 22.1 Å². The predicted molar refractivity (Wildman–Crippen MR) is 91.9 cm³/mol. The molecular formula is C19H15F2NO4. The minimum Gasteiger partial charge on any atom is -0.423 e. The fraction of sp³-hybridized carbons (Fsp3) is 0.211. The second-order valence-electron chi connectivity index (χ2n) is 6.21. The van der Waals surface area contributed by atoms with Crippen molar-refractivity contribution in [3.63, 3.8) is 0 Å². The van der Waals surface area contributed by atoms with Gasteiger partial charge in [0.25, 0.3) is 0 Å². The summed E-state index contributed by atoms with van der Waals surface area (Å²) in [5.41, 5.74) is 3.50. The van der Waals surface area contributed by atoms with Crippen molar-refractivity contribution < 1.29 is 22.7 Å². The number of anilines is 1. The maximum atomic E-state index is 13.1. The molecule has 3 aromatic rings. The van der Waals surface area contributed by atoms with Gasteiger partial charge in [0.05, 0.1) is 0 Å². The summed E-state index contributed by atoms with van der Waals surface area (Å²) in [6.07, 6.45) is -3.65. The first-order valence-corrected chi connectivity index (χ1v) is 7.98. The van der Waals surface area contributed by atoms with Gasteiger partial charge in [0.1, 0.15) is 5.58 Å². The Morgan fingerprint density at radius 1 is 1.00 bits per heavy atom. The summed E-state index contributed by atoms with van der Waals surface area (Å²) >= 11 is 0. The Hall–Kier alpha value is -3.09. The zero-order valence-corrected chi connectivity index (χ0v) is 14.1. The quantitative estimate of drug-likeness (QED) is 0.705. The molecule has 0 atom stereocenters. The van der Waals surface area contributed by atoms with Crippen molar-refractivity contribution in [2.45, 2.75) is 26.7 Å². The largest absolute Gasteiger partial charge is 0.586 e. The first kappa shape index (κ1) is 16.4. The fourth-order valence-electron chi connectivity index (χ4n) is 2.89. The van der Waals surface area contributed by atoms with Gasteiger partial charge in [0.15, 0.2) is 11.5 Å². The Balaban J connectivity index is 1.63. The highest BCUT2D eigenvalue weighted by molar-refractivity contribution is 5.82. The van der Waals surface area contributed by atoms with E-state index in [1.165, 1.54) is 18.2 Å². The van der Waals surface area contributed by atoms with Gasteiger partial charge in [-0.05, 0) is 54.8 Å². The molecule has 0 unspecified atom stereocenters. The van der Waals surface area contributed by atoms with Crippen LogP contribution in [0.1, 0.15) is 16.7 Å². The van der Waals surface area contributed by atoms with Crippen LogP contribution in [0, 0.1) is 13.8 Å². The van der Waals surface area contributed by atoms with E-state index in [9.17, 15) is 13.6 Å². The van der Waals surface area contributed by atoms with Gasteiger partial charge in [-0.1, -0.05) is 0 Å². The highest BCUT2D eigenvalue weighted by Crippen LogP contribution is 2.42. The number of alkyl halides is 2. The summed E-state index contributed by atoms with van der Waals surface area (Å²) in [6.45, 7) is 4.25. The highest BCUT2D eigenvalue weighted by Gasteiger charge is 2.43. The number of nitrogens with one attached hydrogen (secondary N) is 1. The normalized spacial score (nSPS) is 14.6. The van der Waals surface area contributed by atoms with Crippen LogP contribution in [-0.4, -0.2) is 6.29 Å².